The van der Waals surface area contributed by atoms with E-state index in [1.165, 1.54) is 17.7 Å². The summed E-state index contributed by atoms with van der Waals surface area (Å²) in [6.45, 7) is 1.16. The van der Waals surface area contributed by atoms with Crippen LogP contribution in [0.4, 0.5) is 4.39 Å². The third-order valence-electron chi connectivity index (χ3n) is 6.61. The summed E-state index contributed by atoms with van der Waals surface area (Å²) in [4.78, 5) is 13.1. The van der Waals surface area contributed by atoms with E-state index in [0.717, 1.165) is 34.0 Å². The molecule has 1 atom stereocenters. The fraction of sp³-hybridized carbons (Fsp3) is 0.156. The molecule has 0 bridgehead atoms. The van der Waals surface area contributed by atoms with Crippen LogP contribution in [-0.4, -0.2) is 10.5 Å². The van der Waals surface area contributed by atoms with Crippen LogP contribution < -0.4 is 5.32 Å². The number of benzene rings is 4. The van der Waals surface area contributed by atoms with Crippen molar-refractivity contribution in [2.75, 3.05) is 0 Å². The Morgan fingerprint density at radius 1 is 0.750 bits per heavy atom. The average molecular weight is 477 g/mol. The van der Waals surface area contributed by atoms with Gasteiger partial charge in [-0.2, -0.15) is 0 Å². The number of hydrogen-bond donors (Lipinski definition) is 1. The summed E-state index contributed by atoms with van der Waals surface area (Å²) < 4.78 is 15.6. The molecule has 4 heteroatoms. The second-order valence-corrected chi connectivity index (χ2v) is 9.21. The smallest absolute Gasteiger partial charge is 0.220 e. The molecule has 0 aliphatic carbocycles. The van der Waals surface area contributed by atoms with Crippen molar-refractivity contribution in [3.8, 4) is 0 Å². The second kappa shape index (κ2) is 11.0. The summed E-state index contributed by atoms with van der Waals surface area (Å²) in [5.74, 6) is -0.182. The molecule has 0 spiro atoms. The lowest BCUT2D eigenvalue weighted by atomic mass is 9.88. The van der Waals surface area contributed by atoms with E-state index in [1.807, 2.05) is 72.8 Å². The number of carbonyl (C=O) groups excluding carboxylic acids is 1. The molecule has 1 aromatic heterocycles. The summed E-state index contributed by atoms with van der Waals surface area (Å²) in [5.41, 5.74) is 5.59. The first-order valence-corrected chi connectivity index (χ1v) is 12.3. The first kappa shape index (κ1) is 23.6. The van der Waals surface area contributed by atoms with E-state index in [1.54, 1.807) is 0 Å². The molecule has 4 aromatic carbocycles. The lowest BCUT2D eigenvalue weighted by Gasteiger charge is -2.17. The summed E-state index contributed by atoms with van der Waals surface area (Å²) in [5, 5.41) is 4.25. The van der Waals surface area contributed by atoms with Gasteiger partial charge in [0.2, 0.25) is 5.91 Å². The van der Waals surface area contributed by atoms with Gasteiger partial charge < -0.3 is 9.88 Å². The van der Waals surface area contributed by atoms with Crippen molar-refractivity contribution in [2.45, 2.75) is 31.8 Å². The van der Waals surface area contributed by atoms with E-state index in [4.69, 9.17) is 0 Å². The van der Waals surface area contributed by atoms with Gasteiger partial charge in [-0.25, -0.2) is 4.39 Å². The fourth-order valence-electron chi connectivity index (χ4n) is 4.80. The van der Waals surface area contributed by atoms with Crippen LogP contribution in [0.5, 0.6) is 0 Å². The molecular formula is C32H29FN2O. The number of nitrogens with one attached hydrogen (secondary N) is 1. The molecule has 5 aromatic rings. The van der Waals surface area contributed by atoms with E-state index in [9.17, 15) is 9.18 Å². The van der Waals surface area contributed by atoms with Crippen molar-refractivity contribution < 1.29 is 9.18 Å². The molecule has 1 amide bonds. The maximum absolute atomic E-state index is 13.4. The lowest BCUT2D eigenvalue weighted by Crippen LogP contribution is -2.25. The van der Waals surface area contributed by atoms with Gasteiger partial charge >= 0.3 is 0 Å². The summed E-state index contributed by atoms with van der Waals surface area (Å²) in [6.07, 6.45) is 3.34. The second-order valence-electron chi connectivity index (χ2n) is 9.21. The average Bonchev–Trinajstić information content (AvgIpc) is 3.28. The maximum Gasteiger partial charge on any atom is 0.220 e. The van der Waals surface area contributed by atoms with Crippen LogP contribution in [-0.2, 0) is 24.3 Å². The lowest BCUT2D eigenvalue weighted by molar-refractivity contribution is -0.121. The molecule has 1 unspecified atom stereocenters. The van der Waals surface area contributed by atoms with Gasteiger partial charge in [0.1, 0.15) is 5.82 Å². The molecule has 0 fully saturated rings. The predicted octanol–water partition coefficient (Wildman–Crippen LogP) is 6.86. The van der Waals surface area contributed by atoms with Crippen LogP contribution in [0.3, 0.4) is 0 Å². The monoisotopic (exact) mass is 476 g/mol. The van der Waals surface area contributed by atoms with Crippen LogP contribution >= 0.6 is 0 Å². The highest BCUT2D eigenvalue weighted by atomic mass is 19.1. The van der Waals surface area contributed by atoms with Crippen molar-refractivity contribution in [2.24, 2.45) is 0 Å². The number of rotatable bonds is 9. The molecule has 0 aliphatic heterocycles. The number of nitrogens with zero attached hydrogens (tertiary/aromatic N) is 1. The van der Waals surface area contributed by atoms with E-state index in [-0.39, 0.29) is 17.6 Å². The number of aromatic nitrogens is 1. The fourth-order valence-corrected chi connectivity index (χ4v) is 4.80. The zero-order valence-electron chi connectivity index (χ0n) is 20.1. The highest BCUT2D eigenvalue weighted by Crippen LogP contribution is 2.33. The maximum atomic E-state index is 13.4. The SMILES string of the molecule is O=C(CC(Cc1ccccc1)c1cn(Cc2ccc(F)cc2)c2ccccc12)NCc1ccccc1. The van der Waals surface area contributed by atoms with Gasteiger partial charge in [-0.1, -0.05) is 91.0 Å². The van der Waals surface area contributed by atoms with Gasteiger partial charge in [-0.15, -0.1) is 0 Å². The topological polar surface area (TPSA) is 34.0 Å². The molecule has 36 heavy (non-hydrogen) atoms. The number of halogens is 1. The van der Waals surface area contributed by atoms with Gasteiger partial charge in [0.05, 0.1) is 0 Å². The van der Waals surface area contributed by atoms with Crippen molar-refractivity contribution in [1.82, 2.24) is 9.88 Å². The minimum absolute atomic E-state index is 0.0162. The molecule has 180 valence electrons. The minimum atomic E-state index is -0.235. The van der Waals surface area contributed by atoms with E-state index in [0.29, 0.717) is 19.5 Å². The highest BCUT2D eigenvalue weighted by Gasteiger charge is 2.21. The van der Waals surface area contributed by atoms with Crippen LogP contribution in [0.25, 0.3) is 10.9 Å². The Kier molecular flexibility index (Phi) is 7.23. The van der Waals surface area contributed by atoms with Crippen LogP contribution in [0.2, 0.25) is 0 Å². The Balaban J connectivity index is 1.44. The van der Waals surface area contributed by atoms with Crippen molar-refractivity contribution >= 4 is 16.8 Å². The number of hydrogen-bond acceptors (Lipinski definition) is 1. The first-order chi connectivity index (χ1) is 17.7. The van der Waals surface area contributed by atoms with Crippen LogP contribution in [0.15, 0.2) is 115 Å². The quantitative estimate of drug-likeness (QED) is 0.248. The van der Waals surface area contributed by atoms with Gasteiger partial charge in [-0.3, -0.25) is 4.79 Å². The molecule has 0 saturated heterocycles. The van der Waals surface area contributed by atoms with Gasteiger partial charge in [0.15, 0.2) is 0 Å². The summed E-state index contributed by atoms with van der Waals surface area (Å²) in [7, 11) is 0. The van der Waals surface area contributed by atoms with Crippen molar-refractivity contribution in [3.63, 3.8) is 0 Å². The molecule has 0 saturated carbocycles. The molecule has 0 aliphatic rings. The number of para-hydroxylation sites is 1. The van der Waals surface area contributed by atoms with E-state index < -0.39 is 0 Å². The molecule has 5 rings (SSSR count). The third-order valence-corrected chi connectivity index (χ3v) is 6.61. The number of fused-ring (bicyclic) bond motifs is 1. The van der Waals surface area contributed by atoms with Crippen molar-refractivity contribution in [1.29, 1.82) is 0 Å². The number of amides is 1. The molecule has 1 heterocycles. The largest absolute Gasteiger partial charge is 0.352 e. The molecular weight excluding hydrogens is 447 g/mol. The van der Waals surface area contributed by atoms with Gasteiger partial charge in [0.25, 0.3) is 0 Å². The van der Waals surface area contributed by atoms with Crippen LogP contribution in [0.1, 0.15) is 34.6 Å². The molecule has 1 N–H and O–H groups in total. The molecule has 0 radical (unpaired) electrons. The number of carbonyl (C=O) groups is 1. The normalized spacial score (nSPS) is 11.9. The Morgan fingerprint density at radius 2 is 1.39 bits per heavy atom. The highest BCUT2D eigenvalue weighted by molar-refractivity contribution is 5.86. The first-order valence-electron chi connectivity index (χ1n) is 12.3. The van der Waals surface area contributed by atoms with Gasteiger partial charge in [0, 0.05) is 36.6 Å². The Labute approximate surface area is 211 Å². The molecule has 3 nitrogen and oxygen atoms in total. The van der Waals surface area contributed by atoms with Crippen molar-refractivity contribution in [3.05, 3.63) is 143 Å². The third kappa shape index (κ3) is 5.72. The minimum Gasteiger partial charge on any atom is -0.352 e. The van der Waals surface area contributed by atoms with Gasteiger partial charge in [-0.05, 0) is 52.8 Å². The standard InChI is InChI=1S/C32H29FN2O/c33-28-17-15-26(16-18-28)22-35-23-30(29-13-7-8-14-31(29)35)27(19-24-9-3-1-4-10-24)20-32(36)34-21-25-11-5-2-6-12-25/h1-18,23,27H,19-22H2,(H,34,36). The zero-order valence-corrected chi connectivity index (χ0v) is 20.1. The Hall–Kier alpha value is -4.18. The zero-order chi connectivity index (χ0) is 24.7. The van der Waals surface area contributed by atoms with Crippen LogP contribution in [0, 0.1) is 5.82 Å². The summed E-state index contributed by atoms with van der Waals surface area (Å²) in [6, 6.07) is 35.3. The summed E-state index contributed by atoms with van der Waals surface area (Å²) >= 11 is 0. The predicted molar refractivity (Wildman–Crippen MR) is 143 cm³/mol. The Morgan fingerprint density at radius 3 is 2.11 bits per heavy atom. The Bertz CT molecular complexity index is 1430. The van der Waals surface area contributed by atoms with E-state index in [2.05, 4.69) is 40.3 Å². The van der Waals surface area contributed by atoms with E-state index >= 15 is 0 Å².